The molecule has 0 spiro atoms. The molecule has 0 saturated carbocycles. The molecular formula is C47H30N4O. The fourth-order valence-electron chi connectivity index (χ4n) is 7.17. The summed E-state index contributed by atoms with van der Waals surface area (Å²) in [6.07, 6.45) is 0. The van der Waals surface area contributed by atoms with Gasteiger partial charge in [0.25, 0.3) is 0 Å². The van der Waals surface area contributed by atoms with Gasteiger partial charge in [-0.25, -0.2) is 15.0 Å². The molecule has 3 aromatic heterocycles. The lowest BCUT2D eigenvalue weighted by molar-refractivity contribution is 0.669. The number of hydrogen-bond donors (Lipinski definition) is 0. The highest BCUT2D eigenvalue weighted by molar-refractivity contribution is 6.12. The molecule has 3 heterocycles. The molecule has 244 valence electrons. The summed E-state index contributed by atoms with van der Waals surface area (Å²) in [5.74, 6) is 1.50. The highest BCUT2D eigenvalue weighted by Gasteiger charge is 2.20. The van der Waals surface area contributed by atoms with Crippen LogP contribution in [0.15, 0.2) is 186 Å². The minimum Gasteiger partial charge on any atom is -0.456 e. The standard InChI is InChI=1S/C47H30N4O/c1-4-14-31(15-5-1)33-18-12-19-34(28-33)41-30-40(32-16-6-2-7-17-32)48-46(49-41)37-22-13-25-44-45(37)38-29-35(26-27-43(38)52-44)47-50-39-23-10-11-24-42(39)51(47)36-20-8-3-9-21-36/h1-30H. The zero-order valence-electron chi connectivity index (χ0n) is 28.0. The van der Waals surface area contributed by atoms with Crippen molar-refractivity contribution in [3.05, 3.63) is 182 Å². The molecule has 5 heteroatoms. The second-order valence-electron chi connectivity index (χ2n) is 12.9. The average Bonchev–Trinajstić information content (AvgIpc) is 3.80. The molecule has 10 aromatic rings. The fraction of sp³-hybridized carbons (Fsp3) is 0. The van der Waals surface area contributed by atoms with E-state index in [-0.39, 0.29) is 0 Å². The predicted octanol–water partition coefficient (Wildman–Crippen LogP) is 12.0. The zero-order valence-corrected chi connectivity index (χ0v) is 28.0. The molecule has 0 aliphatic carbocycles. The quantitative estimate of drug-likeness (QED) is 0.177. The van der Waals surface area contributed by atoms with Crippen molar-refractivity contribution in [2.24, 2.45) is 0 Å². The molecule has 0 aliphatic rings. The molecule has 0 bridgehead atoms. The zero-order chi connectivity index (χ0) is 34.4. The summed E-state index contributed by atoms with van der Waals surface area (Å²) in [7, 11) is 0. The van der Waals surface area contributed by atoms with Gasteiger partial charge in [0.05, 0.1) is 22.4 Å². The van der Waals surface area contributed by atoms with Crippen LogP contribution in [0.25, 0.3) is 95.1 Å². The van der Waals surface area contributed by atoms with Gasteiger partial charge in [0.1, 0.15) is 17.0 Å². The Morgan fingerprint density at radius 1 is 0.423 bits per heavy atom. The third-order valence-corrected chi connectivity index (χ3v) is 9.63. The predicted molar refractivity (Wildman–Crippen MR) is 211 cm³/mol. The van der Waals surface area contributed by atoms with Crippen LogP contribution in [0.4, 0.5) is 0 Å². The van der Waals surface area contributed by atoms with Crippen molar-refractivity contribution in [1.29, 1.82) is 0 Å². The number of para-hydroxylation sites is 3. The Morgan fingerprint density at radius 3 is 1.88 bits per heavy atom. The molecule has 0 fully saturated rings. The van der Waals surface area contributed by atoms with E-state index < -0.39 is 0 Å². The van der Waals surface area contributed by atoms with Crippen molar-refractivity contribution in [3.63, 3.8) is 0 Å². The second kappa shape index (κ2) is 12.3. The van der Waals surface area contributed by atoms with Crippen LogP contribution < -0.4 is 0 Å². The lowest BCUT2D eigenvalue weighted by atomic mass is 10.00. The minimum atomic E-state index is 0.636. The van der Waals surface area contributed by atoms with Gasteiger partial charge in [-0.1, -0.05) is 121 Å². The monoisotopic (exact) mass is 666 g/mol. The van der Waals surface area contributed by atoms with Crippen molar-refractivity contribution < 1.29 is 4.42 Å². The maximum absolute atomic E-state index is 6.49. The van der Waals surface area contributed by atoms with Crippen LogP contribution in [-0.2, 0) is 0 Å². The Bertz CT molecular complexity index is 2890. The van der Waals surface area contributed by atoms with E-state index in [1.165, 1.54) is 0 Å². The van der Waals surface area contributed by atoms with E-state index in [1.807, 2.05) is 54.6 Å². The Morgan fingerprint density at radius 2 is 1.08 bits per heavy atom. The Labute approximate surface area is 300 Å². The van der Waals surface area contributed by atoms with Crippen molar-refractivity contribution in [2.45, 2.75) is 0 Å². The summed E-state index contributed by atoms with van der Waals surface area (Å²) >= 11 is 0. The topological polar surface area (TPSA) is 56.7 Å². The summed E-state index contributed by atoms with van der Waals surface area (Å²) in [6.45, 7) is 0. The van der Waals surface area contributed by atoms with Crippen molar-refractivity contribution in [3.8, 4) is 62.1 Å². The van der Waals surface area contributed by atoms with Gasteiger partial charge >= 0.3 is 0 Å². The summed E-state index contributed by atoms with van der Waals surface area (Å²) < 4.78 is 8.72. The van der Waals surface area contributed by atoms with Gasteiger partial charge in [-0.2, -0.15) is 0 Å². The maximum atomic E-state index is 6.49. The number of aromatic nitrogens is 4. The molecule has 0 aliphatic heterocycles. The van der Waals surface area contributed by atoms with E-state index in [0.29, 0.717) is 5.82 Å². The van der Waals surface area contributed by atoms with Gasteiger partial charge in [-0.05, 0) is 71.8 Å². The third-order valence-electron chi connectivity index (χ3n) is 9.63. The van der Waals surface area contributed by atoms with E-state index in [0.717, 1.165) is 89.3 Å². The molecule has 5 nitrogen and oxygen atoms in total. The number of furan rings is 1. The first kappa shape index (κ1) is 29.8. The molecule has 0 radical (unpaired) electrons. The highest BCUT2D eigenvalue weighted by atomic mass is 16.3. The molecule has 7 aromatic carbocycles. The second-order valence-corrected chi connectivity index (χ2v) is 12.9. The van der Waals surface area contributed by atoms with Crippen LogP contribution in [0.3, 0.4) is 0 Å². The summed E-state index contributed by atoms with van der Waals surface area (Å²) in [5.41, 5.74) is 12.6. The van der Waals surface area contributed by atoms with Crippen molar-refractivity contribution >= 4 is 33.0 Å². The van der Waals surface area contributed by atoms with Gasteiger partial charge in [0, 0.05) is 38.7 Å². The molecule has 0 saturated heterocycles. The van der Waals surface area contributed by atoms with Crippen LogP contribution in [0.2, 0.25) is 0 Å². The van der Waals surface area contributed by atoms with Gasteiger partial charge in [-0.15, -0.1) is 0 Å². The van der Waals surface area contributed by atoms with Crippen molar-refractivity contribution in [2.75, 3.05) is 0 Å². The van der Waals surface area contributed by atoms with Gasteiger partial charge in [0.15, 0.2) is 5.82 Å². The molecule has 10 rings (SSSR count). The van der Waals surface area contributed by atoms with E-state index in [9.17, 15) is 0 Å². The van der Waals surface area contributed by atoms with E-state index >= 15 is 0 Å². The van der Waals surface area contributed by atoms with Gasteiger partial charge < -0.3 is 4.42 Å². The van der Waals surface area contributed by atoms with Crippen molar-refractivity contribution in [1.82, 2.24) is 19.5 Å². The number of benzene rings is 7. The number of rotatable bonds is 6. The van der Waals surface area contributed by atoms with Crippen LogP contribution in [0, 0.1) is 0 Å². The first-order chi connectivity index (χ1) is 25.8. The third kappa shape index (κ3) is 5.15. The fourth-order valence-corrected chi connectivity index (χ4v) is 7.17. The normalized spacial score (nSPS) is 11.5. The Balaban J connectivity index is 1.18. The lowest BCUT2D eigenvalue weighted by Crippen LogP contribution is -1.97. The molecule has 0 unspecified atom stereocenters. The summed E-state index contributed by atoms with van der Waals surface area (Å²) in [4.78, 5) is 15.6. The molecule has 0 N–H and O–H groups in total. The van der Waals surface area contributed by atoms with Crippen LogP contribution in [0.5, 0.6) is 0 Å². The first-order valence-corrected chi connectivity index (χ1v) is 17.4. The summed E-state index contributed by atoms with van der Waals surface area (Å²) in [5, 5.41) is 1.95. The first-order valence-electron chi connectivity index (χ1n) is 17.4. The molecule has 0 amide bonds. The van der Waals surface area contributed by atoms with E-state index in [2.05, 4.69) is 132 Å². The van der Waals surface area contributed by atoms with Crippen LogP contribution in [-0.4, -0.2) is 19.5 Å². The largest absolute Gasteiger partial charge is 0.456 e. The highest BCUT2D eigenvalue weighted by Crippen LogP contribution is 2.40. The number of nitrogens with zero attached hydrogens (tertiary/aromatic N) is 4. The Hall–Kier alpha value is -7.11. The summed E-state index contributed by atoms with van der Waals surface area (Å²) in [6, 6.07) is 62.5. The van der Waals surface area contributed by atoms with Gasteiger partial charge in [-0.3, -0.25) is 4.57 Å². The molecule has 52 heavy (non-hydrogen) atoms. The van der Waals surface area contributed by atoms with Crippen LogP contribution in [0.1, 0.15) is 0 Å². The smallest absolute Gasteiger partial charge is 0.161 e. The lowest BCUT2D eigenvalue weighted by Gasteiger charge is -2.11. The number of hydrogen-bond acceptors (Lipinski definition) is 4. The van der Waals surface area contributed by atoms with E-state index in [1.54, 1.807) is 0 Å². The van der Waals surface area contributed by atoms with E-state index in [4.69, 9.17) is 19.4 Å². The molecule has 0 atom stereocenters. The Kier molecular flexibility index (Phi) is 7.07. The average molecular weight is 667 g/mol. The minimum absolute atomic E-state index is 0.636. The number of fused-ring (bicyclic) bond motifs is 4. The molecular weight excluding hydrogens is 637 g/mol. The van der Waals surface area contributed by atoms with Crippen LogP contribution >= 0.6 is 0 Å². The van der Waals surface area contributed by atoms with Gasteiger partial charge in [0.2, 0.25) is 0 Å². The number of imidazole rings is 1. The SMILES string of the molecule is c1ccc(-c2cccc(-c3cc(-c4ccccc4)nc(-c4cccc5oc6ccc(-c7nc8ccccc8n7-c7ccccc7)cc6c45)n3)c2)cc1. The maximum Gasteiger partial charge on any atom is 0.161 e.